The van der Waals surface area contributed by atoms with Crippen molar-refractivity contribution in [2.24, 2.45) is 34.3 Å². The van der Waals surface area contributed by atoms with Crippen molar-refractivity contribution >= 4 is 23.6 Å². The average molecular weight is 579 g/mol. The van der Waals surface area contributed by atoms with Gasteiger partial charge in [0.05, 0.1) is 12.5 Å². The molecule has 0 bridgehead atoms. The van der Waals surface area contributed by atoms with Crippen LogP contribution in [0, 0.1) is 28.6 Å². The third kappa shape index (κ3) is 5.03. The highest BCUT2D eigenvalue weighted by molar-refractivity contribution is 6.01. The number of hydrogen-bond donors (Lipinski definition) is 4. The number of ketones is 2. The Hall–Kier alpha value is -2.63. The topological polar surface area (TPSA) is 165 Å². The standard InChI is InChI=1S/C30H43FN2O8/c1-18-14-22-21-7-6-19-15-20(34)8-10-27(19,2)29(21,31)23(35)16-28(22,3)30(18,39)24(36)17-41-26(38)40-13-9-25(37)33-12-5-4-11-32/h8,10,15,18,21-23,35,39H,4-7,9,11-14,16-17,32H2,1-3H3,(H,33,37)/t18-,21+,22+,23+,27+,28+,29+,30+/m0/s1. The maximum Gasteiger partial charge on any atom is 0.508 e. The van der Waals surface area contributed by atoms with Crippen molar-refractivity contribution < 1.29 is 43.3 Å². The molecule has 0 unspecified atom stereocenters. The van der Waals surface area contributed by atoms with Gasteiger partial charge >= 0.3 is 6.16 Å². The number of fused-ring (bicyclic) bond motifs is 5. The molecular weight excluding hydrogens is 535 g/mol. The molecular formula is C30H43FN2O8. The van der Waals surface area contributed by atoms with E-state index >= 15 is 4.39 Å². The Morgan fingerprint density at radius 1 is 1.20 bits per heavy atom. The summed E-state index contributed by atoms with van der Waals surface area (Å²) in [6, 6.07) is 0. The van der Waals surface area contributed by atoms with Gasteiger partial charge < -0.3 is 30.7 Å². The monoisotopic (exact) mass is 578 g/mol. The number of alkyl halides is 1. The number of rotatable bonds is 10. The van der Waals surface area contributed by atoms with Gasteiger partial charge in [0.15, 0.2) is 18.1 Å². The molecule has 0 saturated heterocycles. The molecule has 4 aliphatic carbocycles. The van der Waals surface area contributed by atoms with Crippen LogP contribution >= 0.6 is 0 Å². The third-order valence-corrected chi connectivity index (χ3v) is 10.5. The number of unbranched alkanes of at least 4 members (excludes halogenated alkanes) is 1. The number of carbonyl (C=O) groups excluding carboxylic acids is 4. The number of nitrogens with two attached hydrogens (primary N) is 1. The molecule has 0 heterocycles. The van der Waals surface area contributed by atoms with E-state index in [1.165, 1.54) is 12.2 Å². The molecule has 0 aromatic rings. The Morgan fingerprint density at radius 2 is 1.93 bits per heavy atom. The largest absolute Gasteiger partial charge is 0.508 e. The molecule has 4 rings (SSSR count). The lowest BCUT2D eigenvalue weighted by molar-refractivity contribution is -0.219. The SMILES string of the molecule is C[C@H]1C[C@@H]2[C@H]3CCC4=CC(=O)C=C[C@@]4(C)[C@]3(F)[C@H](O)C[C@@]2(C)[C@]1(O)C(=O)COC(=O)OCCC(=O)NCCCCN. The van der Waals surface area contributed by atoms with Crippen molar-refractivity contribution in [1.82, 2.24) is 5.32 Å². The van der Waals surface area contributed by atoms with Crippen molar-refractivity contribution in [3.05, 3.63) is 23.8 Å². The first-order valence-corrected chi connectivity index (χ1v) is 14.6. The fourth-order valence-corrected chi connectivity index (χ4v) is 8.23. The van der Waals surface area contributed by atoms with E-state index < -0.39 is 64.5 Å². The molecule has 0 spiro atoms. The minimum atomic E-state index is -2.08. The molecule has 10 nitrogen and oxygen atoms in total. The fourth-order valence-electron chi connectivity index (χ4n) is 8.23. The molecule has 11 heteroatoms. The predicted octanol–water partition coefficient (Wildman–Crippen LogP) is 2.30. The molecule has 3 saturated carbocycles. The summed E-state index contributed by atoms with van der Waals surface area (Å²) < 4.78 is 27.2. The summed E-state index contributed by atoms with van der Waals surface area (Å²) >= 11 is 0. The third-order valence-electron chi connectivity index (χ3n) is 10.5. The van der Waals surface area contributed by atoms with Crippen molar-refractivity contribution in [3.8, 4) is 0 Å². The minimum absolute atomic E-state index is 0.0736. The second kappa shape index (κ2) is 11.6. The second-order valence-corrected chi connectivity index (χ2v) is 12.6. The van der Waals surface area contributed by atoms with Gasteiger partial charge in [0.1, 0.15) is 12.2 Å². The zero-order chi connectivity index (χ0) is 30.2. The van der Waals surface area contributed by atoms with Gasteiger partial charge in [-0.25, -0.2) is 9.18 Å². The van der Waals surface area contributed by atoms with Gasteiger partial charge in [-0.15, -0.1) is 0 Å². The number of allylic oxidation sites excluding steroid dienone is 4. The highest BCUT2D eigenvalue weighted by atomic mass is 19.1. The van der Waals surface area contributed by atoms with Gasteiger partial charge in [0.2, 0.25) is 11.7 Å². The van der Waals surface area contributed by atoms with Crippen LogP contribution in [0.1, 0.15) is 65.7 Å². The number of aliphatic hydroxyl groups is 2. The smallest absolute Gasteiger partial charge is 0.434 e. The summed E-state index contributed by atoms with van der Waals surface area (Å²) in [7, 11) is 0. The van der Waals surface area contributed by atoms with Gasteiger partial charge in [0, 0.05) is 23.3 Å². The molecule has 0 aromatic heterocycles. The van der Waals surface area contributed by atoms with Crippen molar-refractivity contribution in [2.75, 3.05) is 26.3 Å². The Kier molecular flexibility index (Phi) is 8.83. The summed E-state index contributed by atoms with van der Waals surface area (Å²) in [6.07, 6.45) is 4.20. The molecule has 1 amide bonds. The molecule has 8 atom stereocenters. The van der Waals surface area contributed by atoms with Crippen LogP contribution in [0.2, 0.25) is 0 Å². The molecule has 4 aliphatic rings. The number of carbonyl (C=O) groups is 4. The summed E-state index contributed by atoms with van der Waals surface area (Å²) in [5, 5.41) is 26.0. The van der Waals surface area contributed by atoms with Gasteiger partial charge in [-0.2, -0.15) is 0 Å². The maximum atomic E-state index is 17.2. The molecule has 0 radical (unpaired) electrons. The Labute approximate surface area is 239 Å². The second-order valence-electron chi connectivity index (χ2n) is 12.6. The number of hydrogen-bond acceptors (Lipinski definition) is 9. The van der Waals surface area contributed by atoms with Crippen LogP contribution in [0.3, 0.4) is 0 Å². The van der Waals surface area contributed by atoms with Crippen LogP contribution in [-0.2, 0) is 23.9 Å². The van der Waals surface area contributed by atoms with Crippen molar-refractivity contribution in [3.63, 3.8) is 0 Å². The molecule has 3 fully saturated rings. The first-order chi connectivity index (χ1) is 19.3. The quantitative estimate of drug-likeness (QED) is 0.225. The van der Waals surface area contributed by atoms with Crippen LogP contribution in [0.25, 0.3) is 0 Å². The first-order valence-electron chi connectivity index (χ1n) is 14.6. The summed E-state index contributed by atoms with van der Waals surface area (Å²) in [5.74, 6) is -2.92. The minimum Gasteiger partial charge on any atom is -0.434 e. The number of Topliss-reactive ketones (excluding diaryl/α,β-unsaturated/α-hetero) is 1. The fraction of sp³-hybridized carbons (Fsp3) is 0.733. The molecule has 0 aliphatic heterocycles. The Morgan fingerprint density at radius 3 is 2.63 bits per heavy atom. The first kappa shape index (κ1) is 31.3. The number of ether oxygens (including phenoxy) is 2. The Bertz CT molecular complexity index is 1140. The van der Waals surface area contributed by atoms with Crippen LogP contribution in [0.5, 0.6) is 0 Å². The van der Waals surface area contributed by atoms with Crippen LogP contribution in [0.15, 0.2) is 23.8 Å². The lowest BCUT2D eigenvalue weighted by Crippen LogP contribution is -2.69. The van der Waals surface area contributed by atoms with Crippen molar-refractivity contribution in [1.29, 1.82) is 0 Å². The normalized spacial score (nSPS) is 39.2. The van der Waals surface area contributed by atoms with Gasteiger partial charge in [-0.3, -0.25) is 14.4 Å². The van der Waals surface area contributed by atoms with Gasteiger partial charge in [0.25, 0.3) is 0 Å². The zero-order valence-corrected chi connectivity index (χ0v) is 24.1. The van der Waals surface area contributed by atoms with Crippen molar-refractivity contribution in [2.45, 2.75) is 83.1 Å². The number of nitrogens with one attached hydrogen (secondary N) is 1. The summed E-state index contributed by atoms with van der Waals surface area (Å²) in [5.41, 5.74) is -0.343. The lowest BCUT2D eigenvalue weighted by Gasteiger charge is -2.62. The summed E-state index contributed by atoms with van der Waals surface area (Å²) in [4.78, 5) is 49.4. The predicted molar refractivity (Wildman–Crippen MR) is 146 cm³/mol. The lowest BCUT2D eigenvalue weighted by atomic mass is 9.44. The van der Waals surface area contributed by atoms with Crippen LogP contribution in [-0.4, -0.2) is 77.5 Å². The molecule has 5 N–H and O–H groups in total. The number of aliphatic hydroxyl groups excluding tert-OH is 1. The average Bonchev–Trinajstić information content (AvgIpc) is 3.12. The number of amides is 1. The van der Waals surface area contributed by atoms with Crippen LogP contribution < -0.4 is 11.1 Å². The van der Waals surface area contributed by atoms with E-state index in [0.29, 0.717) is 37.9 Å². The maximum absolute atomic E-state index is 17.2. The van der Waals surface area contributed by atoms with E-state index in [1.54, 1.807) is 26.8 Å². The van der Waals surface area contributed by atoms with E-state index in [4.69, 9.17) is 15.2 Å². The highest BCUT2D eigenvalue weighted by Gasteiger charge is 2.75. The number of halogens is 1. The zero-order valence-electron chi connectivity index (χ0n) is 24.1. The van der Waals surface area contributed by atoms with E-state index in [2.05, 4.69) is 5.32 Å². The Balaban J connectivity index is 1.41. The van der Waals surface area contributed by atoms with E-state index in [-0.39, 0.29) is 31.1 Å². The molecule has 41 heavy (non-hydrogen) atoms. The molecule has 228 valence electrons. The van der Waals surface area contributed by atoms with E-state index in [1.807, 2.05) is 0 Å². The molecule has 0 aromatic carbocycles. The summed E-state index contributed by atoms with van der Waals surface area (Å²) in [6.45, 7) is 5.14. The van der Waals surface area contributed by atoms with Gasteiger partial charge in [-0.05, 0) is 76.0 Å². The van der Waals surface area contributed by atoms with Crippen LogP contribution in [0.4, 0.5) is 9.18 Å². The van der Waals surface area contributed by atoms with Gasteiger partial charge in [-0.1, -0.05) is 25.5 Å². The highest BCUT2D eigenvalue weighted by Crippen LogP contribution is 2.70. The van der Waals surface area contributed by atoms with E-state index in [9.17, 15) is 29.4 Å². The van der Waals surface area contributed by atoms with E-state index in [0.717, 1.165) is 12.8 Å².